The molecule has 0 aromatic heterocycles. The van der Waals surface area contributed by atoms with Gasteiger partial charge in [-0.15, -0.1) is 0 Å². The maximum Gasteiger partial charge on any atom is 0.372 e. The first-order chi connectivity index (χ1) is 5.54. The molecule has 1 unspecified atom stereocenters. The van der Waals surface area contributed by atoms with Crippen molar-refractivity contribution in [3.05, 3.63) is 0 Å². The summed E-state index contributed by atoms with van der Waals surface area (Å²) in [6.07, 6.45) is 0.673. The number of unbranched alkanes of at least 4 members (excludes halogenated alkanes) is 1. The number of hydrogen-bond donors (Lipinski definition) is 2. The second kappa shape index (κ2) is 5.84. The van der Waals surface area contributed by atoms with E-state index in [0.717, 1.165) is 0 Å². The molecule has 0 aromatic rings. The van der Waals surface area contributed by atoms with Gasteiger partial charge in [-0.25, -0.2) is 9.00 Å². The third kappa shape index (κ3) is 5.99. The van der Waals surface area contributed by atoms with Gasteiger partial charge in [-0.1, -0.05) is 0 Å². The first-order valence-electron chi connectivity index (χ1n) is 3.37. The third-order valence-corrected chi connectivity index (χ3v) is 1.85. The summed E-state index contributed by atoms with van der Waals surface area (Å²) in [6.45, 7) is 0. The van der Waals surface area contributed by atoms with Crippen LogP contribution in [-0.4, -0.2) is 31.4 Å². The van der Waals surface area contributed by atoms with Crippen LogP contribution in [0, 0.1) is 0 Å². The lowest BCUT2D eigenvalue weighted by Crippen LogP contribution is -2.12. The molecule has 0 heterocycles. The standard InChI is InChI=1S/C6H10O5S/c7-5(6(8)9)3-1-2-4-12(10)11/h1-4H2,(H,8,9)(H,10,11). The maximum absolute atomic E-state index is 10.4. The lowest BCUT2D eigenvalue weighted by Gasteiger charge is -1.94. The smallest absolute Gasteiger partial charge is 0.372 e. The molecule has 70 valence electrons. The average molecular weight is 194 g/mol. The number of ketones is 1. The van der Waals surface area contributed by atoms with E-state index in [9.17, 15) is 13.8 Å². The molecule has 0 amide bonds. The average Bonchev–Trinajstić information content (AvgIpc) is 1.97. The summed E-state index contributed by atoms with van der Waals surface area (Å²) >= 11 is -1.85. The molecule has 0 aliphatic rings. The highest BCUT2D eigenvalue weighted by Crippen LogP contribution is 1.97. The van der Waals surface area contributed by atoms with Gasteiger partial charge in [0.2, 0.25) is 5.78 Å². The number of carboxylic acid groups (broad SMARTS) is 1. The van der Waals surface area contributed by atoms with Gasteiger partial charge in [0.1, 0.15) is 0 Å². The number of carbonyl (C=O) groups excluding carboxylic acids is 1. The molecule has 0 aromatic carbocycles. The molecule has 12 heavy (non-hydrogen) atoms. The minimum absolute atomic E-state index is 0.0630. The Bertz CT molecular complexity index is 200. The molecular weight excluding hydrogens is 184 g/mol. The molecule has 0 radical (unpaired) electrons. The van der Waals surface area contributed by atoms with Gasteiger partial charge in [0.05, 0.1) is 0 Å². The zero-order valence-corrected chi connectivity index (χ0v) is 7.17. The summed E-state index contributed by atoms with van der Waals surface area (Å²) in [7, 11) is 0. The molecule has 0 fully saturated rings. The van der Waals surface area contributed by atoms with Crippen LogP contribution in [0.5, 0.6) is 0 Å². The van der Waals surface area contributed by atoms with Gasteiger partial charge in [0.25, 0.3) is 0 Å². The fraction of sp³-hybridized carbons (Fsp3) is 0.667. The number of rotatable bonds is 6. The molecule has 0 rings (SSSR count). The Morgan fingerprint density at radius 2 is 1.83 bits per heavy atom. The zero-order valence-electron chi connectivity index (χ0n) is 6.36. The van der Waals surface area contributed by atoms with Crippen molar-refractivity contribution in [1.82, 2.24) is 0 Å². The van der Waals surface area contributed by atoms with Gasteiger partial charge >= 0.3 is 5.97 Å². The topological polar surface area (TPSA) is 91.7 Å². The van der Waals surface area contributed by atoms with Crippen molar-refractivity contribution in [1.29, 1.82) is 0 Å². The van der Waals surface area contributed by atoms with E-state index >= 15 is 0 Å². The van der Waals surface area contributed by atoms with Crippen molar-refractivity contribution in [2.45, 2.75) is 19.3 Å². The molecule has 0 spiro atoms. The summed E-state index contributed by atoms with van der Waals surface area (Å²) in [6, 6.07) is 0. The van der Waals surface area contributed by atoms with Gasteiger partial charge in [-0.05, 0) is 12.8 Å². The summed E-state index contributed by atoms with van der Waals surface area (Å²) < 4.78 is 18.4. The van der Waals surface area contributed by atoms with Gasteiger partial charge in [0, 0.05) is 12.2 Å². The second-order valence-corrected chi connectivity index (χ2v) is 3.26. The van der Waals surface area contributed by atoms with E-state index in [1.165, 1.54) is 0 Å². The highest BCUT2D eigenvalue weighted by atomic mass is 32.2. The van der Waals surface area contributed by atoms with E-state index in [-0.39, 0.29) is 12.2 Å². The number of aliphatic carboxylic acids is 1. The number of carbonyl (C=O) groups is 2. The van der Waals surface area contributed by atoms with Crippen LogP contribution in [0.4, 0.5) is 0 Å². The number of hydrogen-bond acceptors (Lipinski definition) is 3. The van der Waals surface area contributed by atoms with E-state index in [1.807, 2.05) is 0 Å². The number of Topliss-reactive ketones (excluding diaryl/α,β-unsaturated/α-hetero) is 1. The normalized spacial score (nSPS) is 12.4. The molecule has 5 nitrogen and oxygen atoms in total. The Kier molecular flexibility index (Phi) is 5.48. The van der Waals surface area contributed by atoms with Crippen molar-refractivity contribution in [3.63, 3.8) is 0 Å². The molecule has 2 N–H and O–H groups in total. The van der Waals surface area contributed by atoms with Crippen molar-refractivity contribution >= 4 is 22.8 Å². The van der Waals surface area contributed by atoms with Gasteiger partial charge < -0.3 is 9.66 Å². The van der Waals surface area contributed by atoms with Crippen LogP contribution in [0.3, 0.4) is 0 Å². The molecule has 0 saturated carbocycles. The fourth-order valence-electron chi connectivity index (χ4n) is 0.618. The van der Waals surface area contributed by atoms with Crippen molar-refractivity contribution in [2.24, 2.45) is 0 Å². The zero-order chi connectivity index (χ0) is 9.56. The van der Waals surface area contributed by atoms with Crippen LogP contribution in [0.15, 0.2) is 0 Å². The van der Waals surface area contributed by atoms with Gasteiger partial charge in [-0.3, -0.25) is 4.79 Å². The summed E-state index contributed by atoms with van der Waals surface area (Å²) in [5, 5.41) is 8.13. The van der Waals surface area contributed by atoms with Crippen LogP contribution in [-0.2, 0) is 20.7 Å². The molecule has 0 saturated heterocycles. The SMILES string of the molecule is O=C(O)C(=O)CCCCS(=O)O. The summed E-state index contributed by atoms with van der Waals surface area (Å²) in [4.78, 5) is 20.4. The molecule has 0 aliphatic carbocycles. The van der Waals surface area contributed by atoms with E-state index in [0.29, 0.717) is 12.8 Å². The molecule has 0 bridgehead atoms. The Hall–Kier alpha value is -0.750. The summed E-state index contributed by atoms with van der Waals surface area (Å²) in [5.74, 6) is -2.20. The van der Waals surface area contributed by atoms with Crippen LogP contribution < -0.4 is 0 Å². The second-order valence-electron chi connectivity index (χ2n) is 2.21. The molecule has 0 aliphatic heterocycles. The van der Waals surface area contributed by atoms with Crippen LogP contribution in [0.2, 0.25) is 0 Å². The maximum atomic E-state index is 10.4. The third-order valence-electron chi connectivity index (χ3n) is 1.21. The minimum atomic E-state index is -1.85. The van der Waals surface area contributed by atoms with Crippen LogP contribution in [0.1, 0.15) is 19.3 Å². The lowest BCUT2D eigenvalue weighted by molar-refractivity contribution is -0.149. The monoisotopic (exact) mass is 194 g/mol. The fourth-order valence-corrected chi connectivity index (χ4v) is 1.07. The van der Waals surface area contributed by atoms with E-state index in [1.54, 1.807) is 0 Å². The quantitative estimate of drug-likeness (QED) is 0.353. The van der Waals surface area contributed by atoms with Gasteiger partial charge in [-0.2, -0.15) is 0 Å². The summed E-state index contributed by atoms with van der Waals surface area (Å²) in [5.41, 5.74) is 0. The largest absolute Gasteiger partial charge is 0.476 e. The van der Waals surface area contributed by atoms with Crippen LogP contribution >= 0.6 is 0 Å². The van der Waals surface area contributed by atoms with Gasteiger partial charge in [0.15, 0.2) is 11.1 Å². The Morgan fingerprint density at radius 1 is 1.25 bits per heavy atom. The van der Waals surface area contributed by atoms with E-state index in [4.69, 9.17) is 9.66 Å². The Morgan fingerprint density at radius 3 is 2.25 bits per heavy atom. The molecule has 6 heteroatoms. The highest BCUT2D eigenvalue weighted by Gasteiger charge is 2.09. The number of carboxylic acids is 1. The minimum Gasteiger partial charge on any atom is -0.476 e. The molecular formula is C6H10O5S. The van der Waals surface area contributed by atoms with Crippen molar-refractivity contribution in [2.75, 3.05) is 5.75 Å². The first kappa shape index (κ1) is 11.2. The van der Waals surface area contributed by atoms with Crippen LogP contribution in [0.25, 0.3) is 0 Å². The Balaban J connectivity index is 3.38. The Labute approximate surface area is 72.1 Å². The van der Waals surface area contributed by atoms with E-state index < -0.39 is 22.8 Å². The predicted molar refractivity (Wildman–Crippen MR) is 42.1 cm³/mol. The molecule has 1 atom stereocenters. The lowest BCUT2D eigenvalue weighted by atomic mass is 10.2. The predicted octanol–water partition coefficient (Wildman–Crippen LogP) is 0.0321. The first-order valence-corrected chi connectivity index (χ1v) is 4.65. The van der Waals surface area contributed by atoms with Crippen molar-refractivity contribution < 1.29 is 23.5 Å². The van der Waals surface area contributed by atoms with Crippen molar-refractivity contribution in [3.8, 4) is 0 Å². The van der Waals surface area contributed by atoms with E-state index in [2.05, 4.69) is 0 Å². The highest BCUT2D eigenvalue weighted by molar-refractivity contribution is 7.79.